The fraction of sp³-hybridized carbons (Fsp3) is 1.00. The zero-order chi connectivity index (χ0) is 6.43. The highest BCUT2D eigenvalue weighted by molar-refractivity contribution is 4.96. The van der Waals surface area contributed by atoms with Crippen LogP contribution >= 0.6 is 0 Å². The van der Waals surface area contributed by atoms with Gasteiger partial charge in [0.1, 0.15) is 0 Å². The summed E-state index contributed by atoms with van der Waals surface area (Å²) in [7, 11) is 0. The molecule has 9 heavy (non-hydrogen) atoms. The predicted octanol–water partition coefficient (Wildman–Crippen LogP) is 1.38. The molecule has 0 aromatic carbocycles. The van der Waals surface area contributed by atoms with E-state index in [2.05, 4.69) is 6.92 Å². The SMILES string of the molecule is CC1C2CCC1C(N)C2. The zero-order valence-corrected chi connectivity index (χ0v) is 6.01. The normalized spacial score (nSPS) is 56.7. The number of hydrogen-bond acceptors (Lipinski definition) is 1. The molecule has 0 heterocycles. The van der Waals surface area contributed by atoms with Crippen LogP contribution in [0.3, 0.4) is 0 Å². The average molecular weight is 125 g/mol. The van der Waals surface area contributed by atoms with Gasteiger partial charge in [-0.2, -0.15) is 0 Å². The first-order valence-corrected chi connectivity index (χ1v) is 4.04. The van der Waals surface area contributed by atoms with E-state index in [1.807, 2.05) is 0 Å². The van der Waals surface area contributed by atoms with Crippen LogP contribution in [0.5, 0.6) is 0 Å². The van der Waals surface area contributed by atoms with E-state index in [0.717, 1.165) is 17.8 Å². The van der Waals surface area contributed by atoms with E-state index in [9.17, 15) is 0 Å². The van der Waals surface area contributed by atoms with Gasteiger partial charge in [0.15, 0.2) is 0 Å². The lowest BCUT2D eigenvalue weighted by Gasteiger charge is -2.15. The summed E-state index contributed by atoms with van der Waals surface area (Å²) in [5.41, 5.74) is 5.91. The fourth-order valence-corrected chi connectivity index (χ4v) is 2.74. The maximum Gasteiger partial charge on any atom is 0.00725 e. The molecule has 0 amide bonds. The summed E-state index contributed by atoms with van der Waals surface area (Å²) >= 11 is 0. The van der Waals surface area contributed by atoms with E-state index in [4.69, 9.17) is 5.73 Å². The van der Waals surface area contributed by atoms with Crippen LogP contribution in [0.2, 0.25) is 0 Å². The van der Waals surface area contributed by atoms with Crippen LogP contribution in [0.1, 0.15) is 26.2 Å². The highest BCUT2D eigenvalue weighted by Crippen LogP contribution is 2.48. The first kappa shape index (κ1) is 5.72. The molecule has 2 aliphatic carbocycles. The quantitative estimate of drug-likeness (QED) is 0.520. The summed E-state index contributed by atoms with van der Waals surface area (Å²) < 4.78 is 0. The number of fused-ring (bicyclic) bond motifs is 2. The molecule has 0 radical (unpaired) electrons. The van der Waals surface area contributed by atoms with Crippen molar-refractivity contribution in [2.75, 3.05) is 0 Å². The van der Waals surface area contributed by atoms with Crippen molar-refractivity contribution in [2.45, 2.75) is 32.2 Å². The van der Waals surface area contributed by atoms with Crippen LogP contribution in [-0.2, 0) is 0 Å². The summed E-state index contributed by atoms with van der Waals surface area (Å²) in [6.45, 7) is 2.37. The maximum absolute atomic E-state index is 5.91. The van der Waals surface area contributed by atoms with Gasteiger partial charge in [-0.1, -0.05) is 6.92 Å². The minimum Gasteiger partial charge on any atom is -0.327 e. The summed E-state index contributed by atoms with van der Waals surface area (Å²) in [6.07, 6.45) is 4.18. The van der Waals surface area contributed by atoms with Gasteiger partial charge in [-0.25, -0.2) is 0 Å². The molecule has 2 bridgehead atoms. The summed E-state index contributed by atoms with van der Waals surface area (Å²) in [5.74, 6) is 2.82. The monoisotopic (exact) mass is 125 g/mol. The fourth-order valence-electron chi connectivity index (χ4n) is 2.74. The molecule has 2 fully saturated rings. The topological polar surface area (TPSA) is 26.0 Å². The Kier molecular flexibility index (Phi) is 1.10. The van der Waals surface area contributed by atoms with Gasteiger partial charge in [-0.3, -0.25) is 0 Å². The van der Waals surface area contributed by atoms with E-state index in [1.165, 1.54) is 19.3 Å². The van der Waals surface area contributed by atoms with Crippen molar-refractivity contribution in [1.29, 1.82) is 0 Å². The minimum absolute atomic E-state index is 0.554. The first-order chi connectivity index (χ1) is 4.29. The molecule has 52 valence electrons. The molecule has 2 aliphatic rings. The standard InChI is InChI=1S/C8H15N/c1-5-6-2-3-7(5)8(9)4-6/h5-8H,2-4,9H2,1H3. The molecule has 0 saturated heterocycles. The number of rotatable bonds is 0. The van der Waals surface area contributed by atoms with Gasteiger partial charge < -0.3 is 5.73 Å². The zero-order valence-electron chi connectivity index (χ0n) is 6.01. The molecule has 0 aromatic rings. The molecule has 2 saturated carbocycles. The third-order valence-electron chi connectivity index (χ3n) is 3.41. The van der Waals surface area contributed by atoms with Crippen LogP contribution < -0.4 is 5.73 Å². The first-order valence-electron chi connectivity index (χ1n) is 4.04. The second kappa shape index (κ2) is 1.72. The Morgan fingerprint density at radius 2 is 2.11 bits per heavy atom. The molecule has 0 aliphatic heterocycles. The second-order valence-electron chi connectivity index (χ2n) is 3.76. The Morgan fingerprint density at radius 1 is 1.33 bits per heavy atom. The highest BCUT2D eigenvalue weighted by Gasteiger charge is 2.43. The molecule has 4 atom stereocenters. The molecule has 2 N–H and O–H groups in total. The average Bonchev–Trinajstić information content (AvgIpc) is 2.25. The van der Waals surface area contributed by atoms with Crippen LogP contribution in [0.25, 0.3) is 0 Å². The van der Waals surface area contributed by atoms with Crippen molar-refractivity contribution in [3.05, 3.63) is 0 Å². The van der Waals surface area contributed by atoms with Crippen LogP contribution in [0.15, 0.2) is 0 Å². The van der Waals surface area contributed by atoms with Crippen molar-refractivity contribution in [3.63, 3.8) is 0 Å². The van der Waals surface area contributed by atoms with Gasteiger partial charge in [0.2, 0.25) is 0 Å². The van der Waals surface area contributed by atoms with E-state index in [0.29, 0.717) is 6.04 Å². The van der Waals surface area contributed by atoms with Gasteiger partial charge in [-0.05, 0) is 37.0 Å². The lowest BCUT2D eigenvalue weighted by Crippen LogP contribution is -2.27. The van der Waals surface area contributed by atoms with Crippen molar-refractivity contribution >= 4 is 0 Å². The molecule has 4 unspecified atom stereocenters. The van der Waals surface area contributed by atoms with Gasteiger partial charge in [0.25, 0.3) is 0 Å². The smallest absolute Gasteiger partial charge is 0.00725 e. The summed E-state index contributed by atoms with van der Waals surface area (Å²) in [4.78, 5) is 0. The Hall–Kier alpha value is -0.0400. The Balaban J connectivity index is 2.16. The molecular weight excluding hydrogens is 110 g/mol. The van der Waals surface area contributed by atoms with Gasteiger partial charge >= 0.3 is 0 Å². The number of hydrogen-bond donors (Lipinski definition) is 1. The van der Waals surface area contributed by atoms with Crippen molar-refractivity contribution < 1.29 is 0 Å². The third-order valence-corrected chi connectivity index (χ3v) is 3.41. The Morgan fingerprint density at radius 3 is 2.33 bits per heavy atom. The molecule has 1 nitrogen and oxygen atoms in total. The summed E-state index contributed by atoms with van der Waals surface area (Å²) in [6, 6.07) is 0.554. The van der Waals surface area contributed by atoms with E-state index in [-0.39, 0.29) is 0 Å². The lowest BCUT2D eigenvalue weighted by molar-refractivity contribution is 0.407. The third kappa shape index (κ3) is 0.644. The minimum atomic E-state index is 0.554. The predicted molar refractivity (Wildman–Crippen MR) is 38.0 cm³/mol. The van der Waals surface area contributed by atoms with Crippen molar-refractivity contribution in [2.24, 2.45) is 23.5 Å². The van der Waals surface area contributed by atoms with Crippen LogP contribution in [0, 0.1) is 17.8 Å². The number of nitrogens with two attached hydrogens (primary N) is 1. The van der Waals surface area contributed by atoms with E-state index in [1.54, 1.807) is 0 Å². The van der Waals surface area contributed by atoms with Crippen LogP contribution in [0.4, 0.5) is 0 Å². The largest absolute Gasteiger partial charge is 0.327 e. The second-order valence-corrected chi connectivity index (χ2v) is 3.76. The van der Waals surface area contributed by atoms with Crippen molar-refractivity contribution in [3.8, 4) is 0 Å². The Labute approximate surface area is 56.6 Å². The lowest BCUT2D eigenvalue weighted by atomic mass is 9.96. The maximum atomic E-state index is 5.91. The highest BCUT2D eigenvalue weighted by atomic mass is 14.7. The molecule has 2 rings (SSSR count). The van der Waals surface area contributed by atoms with Crippen molar-refractivity contribution in [1.82, 2.24) is 0 Å². The van der Waals surface area contributed by atoms with E-state index >= 15 is 0 Å². The molecular formula is C8H15N. The van der Waals surface area contributed by atoms with Gasteiger partial charge in [0.05, 0.1) is 0 Å². The Bertz CT molecular complexity index is 122. The van der Waals surface area contributed by atoms with Gasteiger partial charge in [-0.15, -0.1) is 0 Å². The molecule has 0 aromatic heterocycles. The van der Waals surface area contributed by atoms with Gasteiger partial charge in [0, 0.05) is 6.04 Å². The molecule has 0 spiro atoms. The van der Waals surface area contributed by atoms with Crippen LogP contribution in [-0.4, -0.2) is 6.04 Å². The van der Waals surface area contributed by atoms with E-state index < -0.39 is 0 Å². The molecule has 1 heteroatoms. The summed E-state index contributed by atoms with van der Waals surface area (Å²) in [5, 5.41) is 0.